The molecule has 0 aromatic carbocycles. The molecule has 0 saturated carbocycles. The molecule has 0 amide bonds. The van der Waals surface area contributed by atoms with Crippen molar-refractivity contribution in [3.8, 4) is 0 Å². The number of nitrogens with two attached hydrogens (primary N) is 1. The van der Waals surface area contributed by atoms with Crippen molar-refractivity contribution in [1.82, 2.24) is 19.9 Å². The van der Waals surface area contributed by atoms with E-state index in [1.807, 2.05) is 12.3 Å². The quantitative estimate of drug-likeness (QED) is 0.876. The summed E-state index contributed by atoms with van der Waals surface area (Å²) in [6.07, 6.45) is 0.807. The predicted molar refractivity (Wildman–Crippen MR) is 68.3 cm³/mol. The normalized spacial score (nSPS) is 10.5. The van der Waals surface area contributed by atoms with Crippen LogP contribution in [0.3, 0.4) is 0 Å². The van der Waals surface area contributed by atoms with Gasteiger partial charge in [-0.1, -0.05) is 0 Å². The smallest absolute Gasteiger partial charge is 0.228 e. The van der Waals surface area contributed by atoms with E-state index in [4.69, 9.17) is 17.3 Å². The maximum absolute atomic E-state index is 5.66. The van der Waals surface area contributed by atoms with E-state index in [2.05, 4.69) is 25.3 Å². The van der Waals surface area contributed by atoms with Crippen LogP contribution in [0.5, 0.6) is 0 Å². The molecule has 3 N–H and O–H groups in total. The van der Waals surface area contributed by atoms with Crippen LogP contribution >= 0.6 is 22.9 Å². The summed E-state index contributed by atoms with van der Waals surface area (Å²) in [6, 6.07) is 0. The fraction of sp³-hybridized carbons (Fsp3) is 0.333. The van der Waals surface area contributed by atoms with Gasteiger partial charge in [-0.25, -0.2) is 4.98 Å². The highest BCUT2D eigenvalue weighted by Crippen LogP contribution is 2.10. The Labute approximate surface area is 107 Å². The molecule has 0 aliphatic rings. The van der Waals surface area contributed by atoms with Crippen LogP contribution in [-0.4, -0.2) is 26.5 Å². The van der Waals surface area contributed by atoms with Crippen molar-refractivity contribution in [3.05, 3.63) is 21.4 Å². The Kier molecular flexibility index (Phi) is 3.70. The van der Waals surface area contributed by atoms with Gasteiger partial charge >= 0.3 is 0 Å². The van der Waals surface area contributed by atoms with E-state index < -0.39 is 0 Å². The van der Waals surface area contributed by atoms with Gasteiger partial charge < -0.3 is 11.1 Å². The summed E-state index contributed by atoms with van der Waals surface area (Å²) < 4.78 is 0. The van der Waals surface area contributed by atoms with E-state index in [9.17, 15) is 0 Å². The molecule has 0 atom stereocenters. The minimum Gasteiger partial charge on any atom is -0.368 e. The molecule has 17 heavy (non-hydrogen) atoms. The number of nitrogen functional groups attached to an aromatic ring is 1. The molecule has 0 bridgehead atoms. The fourth-order valence-corrected chi connectivity index (χ4v) is 2.19. The van der Waals surface area contributed by atoms with Crippen molar-refractivity contribution >= 4 is 34.8 Å². The molecule has 2 heterocycles. The lowest BCUT2D eigenvalue weighted by Gasteiger charge is -2.03. The van der Waals surface area contributed by atoms with Crippen LogP contribution in [-0.2, 0) is 6.42 Å². The monoisotopic (exact) mass is 270 g/mol. The number of thiazole rings is 1. The molecule has 6 nitrogen and oxygen atoms in total. The zero-order valence-electron chi connectivity index (χ0n) is 9.14. The molecule has 2 aromatic rings. The van der Waals surface area contributed by atoms with Crippen molar-refractivity contribution in [3.63, 3.8) is 0 Å². The zero-order chi connectivity index (χ0) is 12.3. The Morgan fingerprint density at radius 2 is 2.18 bits per heavy atom. The average Bonchev–Trinajstić information content (AvgIpc) is 2.63. The van der Waals surface area contributed by atoms with Crippen LogP contribution in [0.2, 0.25) is 5.28 Å². The van der Waals surface area contributed by atoms with E-state index in [-0.39, 0.29) is 11.2 Å². The van der Waals surface area contributed by atoms with Crippen molar-refractivity contribution < 1.29 is 0 Å². The molecule has 0 unspecified atom stereocenters. The molecule has 90 valence electrons. The van der Waals surface area contributed by atoms with E-state index >= 15 is 0 Å². The van der Waals surface area contributed by atoms with Gasteiger partial charge in [0, 0.05) is 24.0 Å². The largest absolute Gasteiger partial charge is 0.368 e. The van der Waals surface area contributed by atoms with Crippen LogP contribution in [0.4, 0.5) is 11.9 Å². The second-order valence-corrected chi connectivity index (χ2v) is 4.63. The van der Waals surface area contributed by atoms with Crippen molar-refractivity contribution in [1.29, 1.82) is 0 Å². The number of rotatable bonds is 4. The Balaban J connectivity index is 1.89. The van der Waals surface area contributed by atoms with Crippen LogP contribution in [0.1, 0.15) is 10.7 Å². The highest BCUT2D eigenvalue weighted by atomic mass is 35.5. The van der Waals surface area contributed by atoms with Gasteiger partial charge in [-0.3, -0.25) is 0 Å². The van der Waals surface area contributed by atoms with Crippen LogP contribution < -0.4 is 11.1 Å². The first-order valence-corrected chi connectivity index (χ1v) is 6.21. The molecule has 0 saturated heterocycles. The van der Waals surface area contributed by atoms with E-state index in [0.717, 1.165) is 17.1 Å². The number of aromatic nitrogens is 4. The van der Waals surface area contributed by atoms with E-state index in [1.54, 1.807) is 11.3 Å². The molecule has 0 radical (unpaired) electrons. The number of aryl methyl sites for hydroxylation is 1. The first-order valence-electron chi connectivity index (χ1n) is 4.95. The van der Waals surface area contributed by atoms with Crippen LogP contribution in [0.15, 0.2) is 5.38 Å². The lowest BCUT2D eigenvalue weighted by molar-refractivity contribution is 0.951. The number of nitrogens with one attached hydrogen (secondary N) is 1. The van der Waals surface area contributed by atoms with E-state index in [1.165, 1.54) is 0 Å². The number of hydrogen-bond acceptors (Lipinski definition) is 7. The second kappa shape index (κ2) is 5.24. The average molecular weight is 271 g/mol. The minimum absolute atomic E-state index is 0.0880. The van der Waals surface area contributed by atoms with Crippen LogP contribution in [0, 0.1) is 6.92 Å². The minimum atomic E-state index is 0.0880. The van der Waals surface area contributed by atoms with Gasteiger partial charge in [0.05, 0.1) is 5.01 Å². The SMILES string of the molecule is Cc1csc(CCNc2nc(N)nc(Cl)n2)n1. The third-order valence-corrected chi connectivity index (χ3v) is 3.11. The van der Waals surface area contributed by atoms with Crippen LogP contribution in [0.25, 0.3) is 0 Å². The summed E-state index contributed by atoms with van der Waals surface area (Å²) >= 11 is 7.29. The van der Waals surface area contributed by atoms with E-state index in [0.29, 0.717) is 12.5 Å². The third-order valence-electron chi connectivity index (χ3n) is 1.91. The maximum Gasteiger partial charge on any atom is 0.228 e. The summed E-state index contributed by atoms with van der Waals surface area (Å²) in [5, 5.41) is 6.21. The fourth-order valence-electron chi connectivity index (χ4n) is 1.24. The van der Waals surface area contributed by atoms with Gasteiger partial charge in [0.2, 0.25) is 17.2 Å². The topological polar surface area (TPSA) is 89.6 Å². The Morgan fingerprint density at radius 3 is 2.82 bits per heavy atom. The zero-order valence-corrected chi connectivity index (χ0v) is 10.7. The Hall–Kier alpha value is -1.47. The molecule has 2 rings (SSSR count). The number of nitrogens with zero attached hydrogens (tertiary/aromatic N) is 4. The summed E-state index contributed by atoms with van der Waals surface area (Å²) in [5.41, 5.74) is 6.49. The highest BCUT2D eigenvalue weighted by molar-refractivity contribution is 7.09. The van der Waals surface area contributed by atoms with Gasteiger partial charge in [0.25, 0.3) is 0 Å². The number of hydrogen-bond donors (Lipinski definition) is 2. The Bertz CT molecular complexity index is 494. The third kappa shape index (κ3) is 3.50. The molecule has 0 fully saturated rings. The van der Waals surface area contributed by atoms with Gasteiger partial charge in [-0.05, 0) is 18.5 Å². The lowest BCUT2D eigenvalue weighted by atomic mass is 10.4. The molecule has 0 spiro atoms. The van der Waals surface area contributed by atoms with Gasteiger partial charge in [0.1, 0.15) is 0 Å². The molecule has 8 heteroatoms. The summed E-state index contributed by atoms with van der Waals surface area (Å²) in [6.45, 7) is 2.65. The molecule has 0 aliphatic heterocycles. The standard InChI is InChI=1S/C9H11ClN6S/c1-5-4-17-6(13-5)2-3-12-9-15-7(10)14-8(11)16-9/h4H,2-3H2,1H3,(H3,11,12,14,15,16). The first kappa shape index (κ1) is 12.0. The second-order valence-electron chi connectivity index (χ2n) is 3.35. The molecule has 0 aliphatic carbocycles. The molecule has 2 aromatic heterocycles. The van der Waals surface area contributed by atoms with Gasteiger partial charge in [-0.2, -0.15) is 15.0 Å². The molecular formula is C9H11ClN6S. The first-order chi connectivity index (χ1) is 8.13. The Morgan fingerprint density at radius 1 is 1.35 bits per heavy atom. The highest BCUT2D eigenvalue weighted by Gasteiger charge is 2.03. The summed E-state index contributed by atoms with van der Waals surface area (Å²) in [5.74, 6) is 0.494. The van der Waals surface area contributed by atoms with Crippen molar-refractivity contribution in [2.24, 2.45) is 0 Å². The summed E-state index contributed by atoms with van der Waals surface area (Å²) in [4.78, 5) is 15.8. The number of halogens is 1. The maximum atomic E-state index is 5.66. The van der Waals surface area contributed by atoms with Crippen molar-refractivity contribution in [2.75, 3.05) is 17.6 Å². The van der Waals surface area contributed by atoms with Crippen molar-refractivity contribution in [2.45, 2.75) is 13.3 Å². The lowest BCUT2D eigenvalue weighted by Crippen LogP contribution is -2.10. The predicted octanol–water partition coefficient (Wildman–Crippen LogP) is 1.53. The summed E-state index contributed by atoms with van der Waals surface area (Å²) in [7, 11) is 0. The number of anilines is 2. The van der Waals surface area contributed by atoms with Gasteiger partial charge in [0.15, 0.2) is 0 Å². The van der Waals surface area contributed by atoms with Gasteiger partial charge in [-0.15, -0.1) is 11.3 Å². The molecular weight excluding hydrogens is 260 g/mol.